The number of ether oxygens (including phenoxy) is 4. The second kappa shape index (κ2) is 14.0. The van der Waals surface area contributed by atoms with Gasteiger partial charge in [-0.25, -0.2) is 0 Å². The molecule has 0 unspecified atom stereocenters. The van der Waals surface area contributed by atoms with Crippen molar-refractivity contribution in [2.24, 2.45) is 0 Å². The second-order valence-electron chi connectivity index (χ2n) is 7.65. The van der Waals surface area contributed by atoms with Gasteiger partial charge in [-0.05, 0) is 48.5 Å². The van der Waals surface area contributed by atoms with Crippen molar-refractivity contribution in [2.75, 3.05) is 0 Å². The second-order valence-corrected chi connectivity index (χ2v) is 10.4. The first-order chi connectivity index (χ1) is 17.3. The first-order valence-electron chi connectivity index (χ1n) is 11.7. The highest BCUT2D eigenvalue weighted by Gasteiger charge is 2.16. The van der Waals surface area contributed by atoms with Gasteiger partial charge in [-0.15, -0.1) is 0 Å². The molecule has 0 N–H and O–H groups in total. The summed E-state index contributed by atoms with van der Waals surface area (Å²) in [7, 11) is 1.01. The van der Waals surface area contributed by atoms with Crippen LogP contribution >= 0.6 is 0 Å². The minimum Gasteiger partial charge on any atom is -0.460 e. The number of benzene rings is 4. The maximum absolute atomic E-state index is 6.15. The predicted molar refractivity (Wildman–Crippen MR) is 142 cm³/mol. The molecule has 0 heterocycles. The van der Waals surface area contributed by atoms with Gasteiger partial charge in [0.1, 0.15) is 23.0 Å². The van der Waals surface area contributed by atoms with Gasteiger partial charge < -0.3 is 18.9 Å². The van der Waals surface area contributed by atoms with Crippen LogP contribution in [0.15, 0.2) is 121 Å². The summed E-state index contributed by atoms with van der Waals surface area (Å²) in [5, 5.41) is 0. The van der Waals surface area contributed by atoms with Gasteiger partial charge in [0.05, 0.1) is 0 Å². The Labute approximate surface area is 212 Å². The third-order valence-electron chi connectivity index (χ3n) is 4.92. The Balaban J connectivity index is 1.28. The van der Waals surface area contributed by atoms with E-state index in [0.29, 0.717) is 19.0 Å². The molecule has 6 heteroatoms. The van der Waals surface area contributed by atoms with Crippen molar-refractivity contribution in [3.63, 3.8) is 0 Å². The highest BCUT2D eigenvalue weighted by molar-refractivity contribution is 6.38. The maximum Gasteiger partial charge on any atom is 0.215 e. The van der Waals surface area contributed by atoms with Crippen LogP contribution < -0.4 is 18.9 Å². The van der Waals surface area contributed by atoms with Gasteiger partial charge in [-0.2, -0.15) is 0 Å². The van der Waals surface area contributed by atoms with E-state index in [-0.39, 0.29) is 11.8 Å². The van der Waals surface area contributed by atoms with Crippen molar-refractivity contribution in [2.45, 2.75) is 30.3 Å². The topological polar surface area (TPSA) is 36.9 Å². The first kappa shape index (κ1) is 24.6. The van der Waals surface area contributed by atoms with Crippen molar-refractivity contribution in [3.05, 3.63) is 121 Å². The van der Waals surface area contributed by atoms with Crippen LogP contribution in [0.5, 0.6) is 23.0 Å². The SMILES string of the molecule is c1ccc(OC(Oc2ccccc2)[Si]CCC[Si]C(Oc2ccccc2)Oc2ccccc2)cc1. The van der Waals surface area contributed by atoms with E-state index in [1.54, 1.807) is 0 Å². The molecule has 4 radical (unpaired) electrons. The minimum absolute atomic E-state index is 0.319. The van der Waals surface area contributed by atoms with Gasteiger partial charge in [-0.1, -0.05) is 91.3 Å². The zero-order valence-corrected chi connectivity index (χ0v) is 21.5. The van der Waals surface area contributed by atoms with E-state index in [9.17, 15) is 0 Å². The molecule has 4 aromatic rings. The standard InChI is InChI=1S/C29H28O4Si2/c1-5-14-24(15-6-1)30-28(31-25-16-7-2-8-17-25)34-22-13-23-35-29(32-26-18-9-3-10-19-26)33-27-20-11-4-12-21-27/h1-12,14-21,28-29H,13,22-23H2. The summed E-state index contributed by atoms with van der Waals surface area (Å²) in [6.07, 6.45) is 1.04. The lowest BCUT2D eigenvalue weighted by atomic mass is 10.3. The number of hydrogen-bond acceptors (Lipinski definition) is 4. The molecular weight excluding hydrogens is 468 g/mol. The third-order valence-corrected chi connectivity index (χ3v) is 7.34. The molecule has 0 amide bonds. The Morgan fingerprint density at radius 1 is 0.400 bits per heavy atom. The molecule has 0 spiro atoms. The van der Waals surface area contributed by atoms with Crippen LogP contribution in [-0.2, 0) is 0 Å². The van der Waals surface area contributed by atoms with Crippen LogP contribution in [0.3, 0.4) is 0 Å². The first-order valence-corrected chi connectivity index (χ1v) is 14.3. The van der Waals surface area contributed by atoms with E-state index in [0.717, 1.165) is 41.5 Å². The zero-order chi connectivity index (χ0) is 24.0. The van der Waals surface area contributed by atoms with E-state index in [4.69, 9.17) is 18.9 Å². The fourth-order valence-corrected chi connectivity index (χ4v) is 5.70. The average Bonchev–Trinajstić information content (AvgIpc) is 2.91. The Bertz CT molecular complexity index is 911. The number of para-hydroxylation sites is 4. The third kappa shape index (κ3) is 9.00. The highest BCUT2D eigenvalue weighted by atomic mass is 28.2. The van der Waals surface area contributed by atoms with Crippen LogP contribution in [0.25, 0.3) is 0 Å². The van der Waals surface area contributed by atoms with E-state index in [1.807, 2.05) is 121 Å². The van der Waals surface area contributed by atoms with Crippen molar-refractivity contribution in [1.29, 1.82) is 0 Å². The van der Waals surface area contributed by atoms with Gasteiger partial charge in [0.15, 0.2) is 19.0 Å². The summed E-state index contributed by atoms with van der Waals surface area (Å²) in [4.78, 5) is 0. The summed E-state index contributed by atoms with van der Waals surface area (Å²) in [5.41, 5.74) is 0. The van der Waals surface area contributed by atoms with E-state index in [2.05, 4.69) is 0 Å². The summed E-state index contributed by atoms with van der Waals surface area (Å²) >= 11 is 0. The van der Waals surface area contributed by atoms with Crippen LogP contribution in [0.1, 0.15) is 6.42 Å². The van der Waals surface area contributed by atoms with E-state index in [1.165, 1.54) is 0 Å². The number of hydrogen-bond donors (Lipinski definition) is 0. The van der Waals surface area contributed by atoms with Crippen molar-refractivity contribution >= 4 is 19.0 Å². The molecule has 0 saturated carbocycles. The summed E-state index contributed by atoms with van der Waals surface area (Å²) in [6.45, 7) is 0. The summed E-state index contributed by atoms with van der Waals surface area (Å²) in [5.74, 6) is 2.62. The quantitative estimate of drug-likeness (QED) is 0.113. The summed E-state index contributed by atoms with van der Waals surface area (Å²) < 4.78 is 24.6. The molecule has 0 saturated heterocycles. The molecule has 4 nitrogen and oxygen atoms in total. The zero-order valence-electron chi connectivity index (χ0n) is 19.5. The van der Waals surface area contributed by atoms with Crippen LogP contribution in [0, 0.1) is 0 Å². The molecule has 0 fully saturated rings. The Kier molecular flexibility index (Phi) is 9.88. The molecule has 0 atom stereocenters. The summed E-state index contributed by atoms with van der Waals surface area (Å²) in [6, 6.07) is 41.4. The molecule has 0 aliphatic heterocycles. The average molecular weight is 497 g/mol. The Morgan fingerprint density at radius 2 is 0.657 bits per heavy atom. The van der Waals surface area contributed by atoms with E-state index >= 15 is 0 Å². The van der Waals surface area contributed by atoms with Gasteiger partial charge in [-0.3, -0.25) is 0 Å². The molecule has 0 aliphatic rings. The molecule has 4 rings (SSSR count). The lowest BCUT2D eigenvalue weighted by Gasteiger charge is -2.21. The smallest absolute Gasteiger partial charge is 0.215 e. The molecular formula is C29H28O4Si2. The van der Waals surface area contributed by atoms with Gasteiger partial charge >= 0.3 is 0 Å². The number of rotatable bonds is 14. The normalized spacial score (nSPS) is 10.8. The van der Waals surface area contributed by atoms with E-state index < -0.39 is 0 Å². The fraction of sp³-hybridized carbons (Fsp3) is 0.172. The molecule has 0 bridgehead atoms. The van der Waals surface area contributed by atoms with Crippen LogP contribution in [-0.4, -0.2) is 30.9 Å². The molecule has 0 aromatic heterocycles. The maximum atomic E-state index is 6.15. The minimum atomic E-state index is -0.319. The van der Waals surface area contributed by atoms with Gasteiger partial charge in [0, 0.05) is 0 Å². The predicted octanol–water partition coefficient (Wildman–Crippen LogP) is 6.50. The van der Waals surface area contributed by atoms with Crippen LogP contribution in [0.4, 0.5) is 0 Å². The lowest BCUT2D eigenvalue weighted by molar-refractivity contribution is 0.0728. The molecule has 176 valence electrons. The Morgan fingerprint density at radius 3 is 0.914 bits per heavy atom. The van der Waals surface area contributed by atoms with Gasteiger partial charge in [0.25, 0.3) is 0 Å². The Hall–Kier alpha value is -3.49. The molecule has 0 aliphatic carbocycles. The highest BCUT2D eigenvalue weighted by Crippen LogP contribution is 2.18. The van der Waals surface area contributed by atoms with Crippen LogP contribution in [0.2, 0.25) is 12.1 Å². The fourth-order valence-electron chi connectivity index (χ4n) is 3.23. The molecule has 35 heavy (non-hydrogen) atoms. The van der Waals surface area contributed by atoms with Crippen molar-refractivity contribution in [3.8, 4) is 23.0 Å². The largest absolute Gasteiger partial charge is 0.460 e. The van der Waals surface area contributed by atoms with Gasteiger partial charge in [0.2, 0.25) is 11.8 Å². The molecule has 4 aromatic carbocycles. The lowest BCUT2D eigenvalue weighted by Crippen LogP contribution is -2.32. The van der Waals surface area contributed by atoms with Crippen molar-refractivity contribution in [1.82, 2.24) is 0 Å². The monoisotopic (exact) mass is 496 g/mol. The van der Waals surface area contributed by atoms with Crippen molar-refractivity contribution < 1.29 is 18.9 Å².